The van der Waals surface area contributed by atoms with Gasteiger partial charge in [0.1, 0.15) is 0 Å². The van der Waals surface area contributed by atoms with E-state index in [1.807, 2.05) is 19.9 Å². The third-order valence-electron chi connectivity index (χ3n) is 1.55. The van der Waals surface area contributed by atoms with Gasteiger partial charge in [0.2, 0.25) is 0 Å². The molecule has 0 aromatic rings. The predicted molar refractivity (Wildman–Crippen MR) is 51.9 cm³/mol. The Balaban J connectivity index is 4.09. The van der Waals surface area contributed by atoms with Crippen LogP contribution in [0, 0.1) is 0 Å². The number of carbonyl (C=O) groups excluding carboxylic acids is 1. The van der Waals surface area contributed by atoms with Gasteiger partial charge in [-0.15, -0.1) is 0 Å². The minimum Gasteiger partial charge on any atom is -0.342 e. The first-order valence-electron chi connectivity index (χ1n) is 4.20. The molecule has 0 aliphatic carbocycles. The van der Waals surface area contributed by atoms with E-state index in [0.29, 0.717) is 5.57 Å². The summed E-state index contributed by atoms with van der Waals surface area (Å²) in [5.74, 6) is 0.00921. The zero-order valence-corrected chi connectivity index (χ0v) is 8.13. The van der Waals surface area contributed by atoms with Crippen LogP contribution in [0.4, 0.5) is 0 Å². The van der Waals surface area contributed by atoms with Gasteiger partial charge in [-0.25, -0.2) is 0 Å². The number of nitrogens with zero attached hydrogens (tertiary/aromatic N) is 1. The van der Waals surface area contributed by atoms with Crippen LogP contribution >= 0.6 is 0 Å². The number of carbonyl (C=O) groups is 1. The van der Waals surface area contributed by atoms with Crippen molar-refractivity contribution in [1.82, 2.24) is 4.90 Å². The van der Waals surface area contributed by atoms with E-state index >= 15 is 0 Å². The highest BCUT2D eigenvalue weighted by molar-refractivity contribution is 5.95. The van der Waals surface area contributed by atoms with Crippen LogP contribution in [0.5, 0.6) is 0 Å². The fraction of sp³-hybridized carbons (Fsp3) is 0.500. The molecule has 2 heteroatoms. The zero-order chi connectivity index (χ0) is 9.56. The first kappa shape index (κ1) is 11.0. The van der Waals surface area contributed by atoms with Crippen LogP contribution in [-0.4, -0.2) is 24.4 Å². The van der Waals surface area contributed by atoms with Crippen molar-refractivity contribution in [2.75, 3.05) is 13.6 Å². The summed E-state index contributed by atoms with van der Waals surface area (Å²) in [6.45, 7) is 8.37. The van der Waals surface area contributed by atoms with E-state index in [0.717, 1.165) is 13.0 Å². The Kier molecular flexibility index (Phi) is 5.09. The summed E-state index contributed by atoms with van der Waals surface area (Å²) in [6.07, 6.45) is 4.53. The quantitative estimate of drug-likeness (QED) is 0.463. The maximum atomic E-state index is 11.4. The van der Waals surface area contributed by atoms with Gasteiger partial charge in [0.25, 0.3) is 5.91 Å². The molecule has 2 nitrogen and oxygen atoms in total. The lowest BCUT2D eigenvalue weighted by atomic mass is 10.2. The lowest BCUT2D eigenvalue weighted by Crippen LogP contribution is -2.27. The molecule has 0 aromatic carbocycles. The molecule has 0 aromatic heterocycles. The zero-order valence-electron chi connectivity index (χ0n) is 8.13. The Bertz CT molecular complexity index is 194. The van der Waals surface area contributed by atoms with Crippen molar-refractivity contribution in [2.45, 2.75) is 20.3 Å². The molecular formula is C10H17NO. The number of rotatable bonds is 4. The van der Waals surface area contributed by atoms with Crippen LogP contribution in [0.3, 0.4) is 0 Å². The summed E-state index contributed by atoms with van der Waals surface area (Å²) in [5.41, 5.74) is 0.549. The largest absolute Gasteiger partial charge is 0.342 e. The van der Waals surface area contributed by atoms with Gasteiger partial charge in [0.05, 0.1) is 0 Å². The number of hydrogen-bond donors (Lipinski definition) is 0. The van der Waals surface area contributed by atoms with Crippen LogP contribution < -0.4 is 0 Å². The molecule has 0 N–H and O–H groups in total. The standard InChI is InChI=1S/C10H17NO/c1-5-7-9(3)10(12)11(4)8-6-2/h5,7H,3,6,8H2,1-2,4H3. The minimum absolute atomic E-state index is 0.00921. The average Bonchev–Trinajstić information content (AvgIpc) is 2.04. The summed E-state index contributed by atoms with van der Waals surface area (Å²) in [7, 11) is 1.79. The first-order chi connectivity index (χ1) is 5.63. The summed E-state index contributed by atoms with van der Waals surface area (Å²) in [6, 6.07) is 0. The van der Waals surface area contributed by atoms with Gasteiger partial charge < -0.3 is 4.90 Å². The number of amides is 1. The molecular weight excluding hydrogens is 150 g/mol. The Labute approximate surface area is 74.6 Å². The van der Waals surface area contributed by atoms with Gasteiger partial charge in [-0.2, -0.15) is 0 Å². The first-order valence-corrected chi connectivity index (χ1v) is 4.20. The molecule has 0 saturated heterocycles. The molecule has 0 aliphatic heterocycles. The Morgan fingerprint density at radius 1 is 1.58 bits per heavy atom. The molecule has 0 radical (unpaired) electrons. The second-order valence-electron chi connectivity index (χ2n) is 2.75. The Morgan fingerprint density at radius 3 is 2.58 bits per heavy atom. The topological polar surface area (TPSA) is 20.3 Å². The third-order valence-corrected chi connectivity index (χ3v) is 1.55. The van der Waals surface area contributed by atoms with Gasteiger partial charge >= 0.3 is 0 Å². The molecule has 0 unspecified atom stereocenters. The number of likely N-dealkylation sites (N-methyl/N-ethyl adjacent to an activating group) is 1. The number of hydrogen-bond acceptors (Lipinski definition) is 1. The SMILES string of the molecule is C=C(C=CC)C(=O)N(C)CCC. The molecule has 0 fully saturated rings. The lowest BCUT2D eigenvalue weighted by molar-refractivity contribution is -0.125. The van der Waals surface area contributed by atoms with Crippen molar-refractivity contribution in [1.29, 1.82) is 0 Å². The van der Waals surface area contributed by atoms with Crippen molar-refractivity contribution < 1.29 is 4.79 Å². The van der Waals surface area contributed by atoms with E-state index in [1.165, 1.54) is 0 Å². The fourth-order valence-corrected chi connectivity index (χ4v) is 0.955. The second-order valence-corrected chi connectivity index (χ2v) is 2.75. The van der Waals surface area contributed by atoms with E-state index in [1.54, 1.807) is 18.0 Å². The van der Waals surface area contributed by atoms with Crippen molar-refractivity contribution >= 4 is 5.91 Å². The van der Waals surface area contributed by atoms with Crippen molar-refractivity contribution in [2.24, 2.45) is 0 Å². The van der Waals surface area contributed by atoms with E-state index < -0.39 is 0 Å². The Hall–Kier alpha value is -1.05. The second kappa shape index (κ2) is 5.58. The monoisotopic (exact) mass is 167 g/mol. The molecule has 0 bridgehead atoms. The molecule has 0 rings (SSSR count). The number of allylic oxidation sites excluding steroid dienone is 1. The van der Waals surface area contributed by atoms with Crippen LogP contribution in [0.15, 0.2) is 24.3 Å². The maximum Gasteiger partial charge on any atom is 0.252 e. The normalized spacial score (nSPS) is 10.2. The molecule has 0 atom stereocenters. The van der Waals surface area contributed by atoms with Gasteiger partial charge in [0.15, 0.2) is 0 Å². The van der Waals surface area contributed by atoms with Crippen molar-refractivity contribution in [3.05, 3.63) is 24.3 Å². The molecule has 0 spiro atoms. The van der Waals surface area contributed by atoms with Crippen molar-refractivity contribution in [3.63, 3.8) is 0 Å². The summed E-state index contributed by atoms with van der Waals surface area (Å²) in [4.78, 5) is 13.1. The van der Waals surface area contributed by atoms with Gasteiger partial charge in [0, 0.05) is 19.2 Å². The highest BCUT2D eigenvalue weighted by Gasteiger charge is 2.08. The molecule has 1 amide bonds. The van der Waals surface area contributed by atoms with Gasteiger partial charge in [-0.05, 0) is 13.3 Å². The molecule has 0 aliphatic rings. The van der Waals surface area contributed by atoms with E-state index in [9.17, 15) is 4.79 Å². The summed E-state index contributed by atoms with van der Waals surface area (Å²) < 4.78 is 0. The van der Waals surface area contributed by atoms with E-state index in [-0.39, 0.29) is 5.91 Å². The van der Waals surface area contributed by atoms with Gasteiger partial charge in [-0.1, -0.05) is 25.7 Å². The van der Waals surface area contributed by atoms with Crippen LogP contribution in [0.1, 0.15) is 20.3 Å². The van der Waals surface area contributed by atoms with Crippen molar-refractivity contribution in [3.8, 4) is 0 Å². The molecule has 0 heterocycles. The average molecular weight is 167 g/mol. The third kappa shape index (κ3) is 3.37. The van der Waals surface area contributed by atoms with Crippen LogP contribution in [0.2, 0.25) is 0 Å². The van der Waals surface area contributed by atoms with Crippen LogP contribution in [0.25, 0.3) is 0 Å². The molecule has 0 saturated carbocycles. The highest BCUT2D eigenvalue weighted by Crippen LogP contribution is 1.99. The summed E-state index contributed by atoms with van der Waals surface area (Å²) >= 11 is 0. The Morgan fingerprint density at radius 2 is 2.17 bits per heavy atom. The lowest BCUT2D eigenvalue weighted by Gasteiger charge is -2.15. The minimum atomic E-state index is 0.00921. The van der Waals surface area contributed by atoms with Crippen LogP contribution in [-0.2, 0) is 4.79 Å². The van der Waals surface area contributed by atoms with E-state index in [2.05, 4.69) is 6.58 Å². The molecule has 12 heavy (non-hydrogen) atoms. The fourth-order valence-electron chi connectivity index (χ4n) is 0.955. The summed E-state index contributed by atoms with van der Waals surface area (Å²) in [5, 5.41) is 0. The van der Waals surface area contributed by atoms with Gasteiger partial charge in [-0.3, -0.25) is 4.79 Å². The molecule has 68 valence electrons. The smallest absolute Gasteiger partial charge is 0.252 e. The van der Waals surface area contributed by atoms with E-state index in [4.69, 9.17) is 0 Å². The maximum absolute atomic E-state index is 11.4. The predicted octanol–water partition coefficient (Wildman–Crippen LogP) is 1.99. The highest BCUT2D eigenvalue weighted by atomic mass is 16.2.